The Kier molecular flexibility index (Phi) is 5.84. The van der Waals surface area contributed by atoms with Crippen molar-refractivity contribution in [3.63, 3.8) is 0 Å². The third-order valence-corrected chi connectivity index (χ3v) is 3.46. The average Bonchev–Trinajstić information content (AvgIpc) is 2.54. The first-order chi connectivity index (χ1) is 8.91. The maximum Gasteiger partial charge on any atom is 0.326 e. The van der Waals surface area contributed by atoms with Gasteiger partial charge in [0.25, 0.3) is 0 Å². The van der Waals surface area contributed by atoms with E-state index in [-0.39, 0.29) is 13.3 Å². The molecule has 13 heteroatoms. The second-order valence-electron chi connectivity index (χ2n) is 3.08. The molecule has 106 valence electrons. The fraction of sp³-hybridized carbons (Fsp3) is 0.333. The quantitative estimate of drug-likeness (QED) is 0.295. The predicted octanol–water partition coefficient (Wildman–Crippen LogP) is -0.929. The lowest BCUT2D eigenvalue weighted by Crippen LogP contribution is -2.45. The standard InChI is InChI=1S/C6H12N8O2S3/c7-3(15)11-9-1-13-5(17)19-6(18)14(13)2-10-12-4(8)16/h9-10H,1-2H2,(H3,7,11,15)(H3,8,12,16). The van der Waals surface area contributed by atoms with Crippen LogP contribution in [0.25, 0.3) is 0 Å². The number of primary amides is 2. The third-order valence-electron chi connectivity index (χ3n) is 1.77. The molecule has 0 radical (unpaired) electrons. The summed E-state index contributed by atoms with van der Waals surface area (Å²) in [6.07, 6.45) is 0. The molecule has 0 atom stereocenters. The molecule has 0 aromatic carbocycles. The summed E-state index contributed by atoms with van der Waals surface area (Å²) in [7, 11) is 0. The van der Waals surface area contributed by atoms with Gasteiger partial charge in [-0.1, -0.05) is 11.3 Å². The normalized spacial score (nSPS) is 10.1. The molecule has 4 amide bonds. The number of urea groups is 2. The first-order valence-electron chi connectivity index (χ1n) is 4.79. The summed E-state index contributed by atoms with van der Waals surface area (Å²) in [5.74, 6) is 0. The Labute approximate surface area is 121 Å². The number of carbonyl (C=O) groups is 2. The molecule has 0 spiro atoms. The van der Waals surface area contributed by atoms with Gasteiger partial charge in [0.15, 0.2) is 7.91 Å². The maximum absolute atomic E-state index is 10.5. The molecule has 0 saturated heterocycles. The van der Waals surface area contributed by atoms with Crippen LogP contribution in [0.2, 0.25) is 0 Å². The molecular weight excluding hydrogens is 312 g/mol. The molecule has 0 bridgehead atoms. The average molecular weight is 324 g/mol. The summed E-state index contributed by atoms with van der Waals surface area (Å²) in [6, 6.07) is -1.44. The summed E-state index contributed by atoms with van der Waals surface area (Å²) < 4.78 is 4.14. The van der Waals surface area contributed by atoms with Crippen molar-refractivity contribution in [2.45, 2.75) is 13.3 Å². The lowest BCUT2D eigenvalue weighted by atomic mass is 11.0. The Bertz CT molecular complexity index is 525. The highest BCUT2D eigenvalue weighted by atomic mass is 32.2. The van der Waals surface area contributed by atoms with Gasteiger partial charge in [0.2, 0.25) is 0 Å². The first kappa shape index (κ1) is 15.5. The van der Waals surface area contributed by atoms with E-state index in [1.54, 1.807) is 9.36 Å². The van der Waals surface area contributed by atoms with Crippen LogP contribution in [0.3, 0.4) is 0 Å². The molecule has 0 aliphatic heterocycles. The monoisotopic (exact) mass is 324 g/mol. The van der Waals surface area contributed by atoms with E-state index < -0.39 is 12.1 Å². The number of nitrogens with two attached hydrogens (primary N) is 2. The molecule has 0 saturated carbocycles. The van der Waals surface area contributed by atoms with Crippen molar-refractivity contribution < 1.29 is 9.59 Å². The van der Waals surface area contributed by atoms with Crippen LogP contribution in [0.4, 0.5) is 9.59 Å². The van der Waals surface area contributed by atoms with Gasteiger partial charge in [-0.25, -0.2) is 29.8 Å². The van der Waals surface area contributed by atoms with Gasteiger partial charge in [-0.3, -0.25) is 10.9 Å². The zero-order valence-corrected chi connectivity index (χ0v) is 12.0. The summed E-state index contributed by atoms with van der Waals surface area (Å²) in [5.41, 5.74) is 19.3. The molecular formula is C6H12N8O2S3. The fourth-order valence-electron chi connectivity index (χ4n) is 1.08. The van der Waals surface area contributed by atoms with Crippen LogP contribution in [0.5, 0.6) is 0 Å². The van der Waals surface area contributed by atoms with Crippen LogP contribution in [-0.4, -0.2) is 21.4 Å². The lowest BCUT2D eigenvalue weighted by molar-refractivity contribution is 0.237. The number of hydrogen-bond donors (Lipinski definition) is 6. The van der Waals surface area contributed by atoms with Crippen molar-refractivity contribution in [2.24, 2.45) is 11.5 Å². The van der Waals surface area contributed by atoms with Crippen molar-refractivity contribution in [3.05, 3.63) is 7.91 Å². The predicted molar refractivity (Wildman–Crippen MR) is 73.7 cm³/mol. The number of nitrogens with zero attached hydrogens (tertiary/aromatic N) is 2. The van der Waals surface area contributed by atoms with Gasteiger partial charge in [-0.2, -0.15) is 0 Å². The van der Waals surface area contributed by atoms with Crippen molar-refractivity contribution in [1.82, 2.24) is 31.1 Å². The van der Waals surface area contributed by atoms with E-state index >= 15 is 0 Å². The molecule has 0 fully saturated rings. The van der Waals surface area contributed by atoms with E-state index in [1.807, 2.05) is 0 Å². The molecule has 19 heavy (non-hydrogen) atoms. The van der Waals surface area contributed by atoms with Crippen LogP contribution in [0.1, 0.15) is 0 Å². The molecule has 0 aliphatic rings. The largest absolute Gasteiger partial charge is 0.351 e. The Morgan fingerprint density at radius 3 is 1.68 bits per heavy atom. The minimum absolute atomic E-state index is 0.160. The van der Waals surface area contributed by atoms with Gasteiger partial charge in [0.05, 0.1) is 0 Å². The van der Waals surface area contributed by atoms with E-state index in [0.29, 0.717) is 7.91 Å². The van der Waals surface area contributed by atoms with Crippen molar-refractivity contribution in [1.29, 1.82) is 0 Å². The highest BCUT2D eigenvalue weighted by Gasteiger charge is 2.05. The highest BCUT2D eigenvalue weighted by Crippen LogP contribution is 2.06. The first-order valence-corrected chi connectivity index (χ1v) is 6.42. The lowest BCUT2D eigenvalue weighted by Gasteiger charge is -2.13. The SMILES string of the molecule is NC(=O)NNCn1c(=S)sc(=S)n1CNNC(N)=O. The molecule has 10 nitrogen and oxygen atoms in total. The number of nitrogens with one attached hydrogen (secondary N) is 4. The van der Waals surface area contributed by atoms with Gasteiger partial charge in [0.1, 0.15) is 13.3 Å². The van der Waals surface area contributed by atoms with Crippen LogP contribution in [-0.2, 0) is 13.3 Å². The zero-order valence-electron chi connectivity index (χ0n) is 9.50. The Morgan fingerprint density at radius 2 is 1.37 bits per heavy atom. The van der Waals surface area contributed by atoms with Gasteiger partial charge in [-0.15, -0.1) is 0 Å². The molecule has 8 N–H and O–H groups in total. The summed E-state index contributed by atoms with van der Waals surface area (Å²) in [4.78, 5) is 21.1. The van der Waals surface area contributed by atoms with Crippen LogP contribution >= 0.6 is 35.8 Å². The fourth-order valence-corrected chi connectivity index (χ4v) is 2.72. The summed E-state index contributed by atoms with van der Waals surface area (Å²) >= 11 is 11.4. The smallest absolute Gasteiger partial charge is 0.326 e. The van der Waals surface area contributed by atoms with E-state index in [1.165, 1.54) is 11.3 Å². The van der Waals surface area contributed by atoms with Gasteiger partial charge >= 0.3 is 12.1 Å². The van der Waals surface area contributed by atoms with Crippen molar-refractivity contribution >= 4 is 47.8 Å². The minimum atomic E-state index is -0.722. The van der Waals surface area contributed by atoms with Crippen LogP contribution in [0.15, 0.2) is 0 Å². The summed E-state index contributed by atoms with van der Waals surface area (Å²) in [5, 5.41) is 0. The number of amides is 4. The number of hydrogen-bond acceptors (Lipinski definition) is 7. The molecule has 1 aromatic rings. The number of carbonyl (C=O) groups excluding carboxylic acids is 2. The number of aromatic nitrogens is 2. The van der Waals surface area contributed by atoms with E-state index in [2.05, 4.69) is 21.7 Å². The van der Waals surface area contributed by atoms with E-state index in [0.717, 1.165) is 0 Å². The van der Waals surface area contributed by atoms with Crippen LogP contribution in [0, 0.1) is 7.91 Å². The van der Waals surface area contributed by atoms with Crippen LogP contribution < -0.4 is 33.2 Å². The second-order valence-corrected chi connectivity index (χ2v) is 5.35. The Balaban J connectivity index is 2.73. The third kappa shape index (κ3) is 4.92. The van der Waals surface area contributed by atoms with E-state index in [4.69, 9.17) is 35.9 Å². The zero-order chi connectivity index (χ0) is 14.4. The molecule has 1 rings (SSSR count). The molecule has 0 aliphatic carbocycles. The number of hydrazine groups is 2. The highest BCUT2D eigenvalue weighted by molar-refractivity contribution is 7.75. The molecule has 1 heterocycles. The van der Waals surface area contributed by atoms with E-state index in [9.17, 15) is 9.59 Å². The Hall–Kier alpha value is -1.54. The maximum atomic E-state index is 10.5. The van der Waals surface area contributed by atoms with Gasteiger partial charge < -0.3 is 11.5 Å². The minimum Gasteiger partial charge on any atom is -0.351 e. The molecule has 1 aromatic heterocycles. The van der Waals surface area contributed by atoms with Gasteiger partial charge in [0, 0.05) is 0 Å². The molecule has 0 unspecified atom stereocenters. The number of rotatable bonds is 6. The van der Waals surface area contributed by atoms with Gasteiger partial charge in [-0.05, 0) is 24.4 Å². The Morgan fingerprint density at radius 1 is 1.00 bits per heavy atom. The second kappa shape index (κ2) is 7.15. The topological polar surface area (TPSA) is 144 Å². The van der Waals surface area contributed by atoms with Crippen molar-refractivity contribution in [2.75, 3.05) is 0 Å². The summed E-state index contributed by atoms with van der Waals surface area (Å²) in [6.45, 7) is 0.320. The van der Waals surface area contributed by atoms with Crippen molar-refractivity contribution in [3.8, 4) is 0 Å².